The summed E-state index contributed by atoms with van der Waals surface area (Å²) in [6.07, 6.45) is 1.35. The molecule has 0 unspecified atom stereocenters. The third kappa shape index (κ3) is 1.63. The van der Waals surface area contributed by atoms with Crippen molar-refractivity contribution in [2.24, 2.45) is 0 Å². The fourth-order valence-electron chi connectivity index (χ4n) is 1.12. The third-order valence-corrected chi connectivity index (χ3v) is 2.55. The molecule has 2 aromatic rings. The van der Waals surface area contributed by atoms with Crippen LogP contribution in [-0.2, 0) is 0 Å². The van der Waals surface area contributed by atoms with Gasteiger partial charge in [0.1, 0.15) is 17.1 Å². The highest BCUT2D eigenvalue weighted by molar-refractivity contribution is 6.43. The van der Waals surface area contributed by atoms with Crippen LogP contribution in [0.5, 0.6) is 0 Å². The molecule has 0 aliphatic carbocycles. The Kier molecular flexibility index (Phi) is 2.48. The van der Waals surface area contributed by atoms with Gasteiger partial charge in [-0.05, 0) is 24.3 Å². The van der Waals surface area contributed by atoms with E-state index in [0.29, 0.717) is 21.4 Å². The molecule has 0 N–H and O–H groups in total. The van der Waals surface area contributed by atoms with Gasteiger partial charge in [0.15, 0.2) is 5.76 Å². The van der Waals surface area contributed by atoms with Crippen LogP contribution in [-0.4, -0.2) is 0 Å². The first-order chi connectivity index (χ1) is 6.68. The van der Waals surface area contributed by atoms with Crippen LogP contribution in [0.4, 0.5) is 4.39 Å². The zero-order valence-electron chi connectivity index (χ0n) is 6.93. The SMILES string of the molecule is Fc1ccc(-c2occ(Cl)c2Cl)cc1. The molecule has 1 nitrogen and oxygen atoms in total. The monoisotopic (exact) mass is 230 g/mol. The lowest BCUT2D eigenvalue weighted by Gasteiger charge is -1.96. The first-order valence-corrected chi connectivity index (χ1v) is 4.62. The van der Waals surface area contributed by atoms with Gasteiger partial charge in [0, 0.05) is 5.56 Å². The summed E-state index contributed by atoms with van der Waals surface area (Å²) in [5.41, 5.74) is 0.698. The van der Waals surface area contributed by atoms with Crippen molar-refractivity contribution in [3.8, 4) is 11.3 Å². The molecule has 2 rings (SSSR count). The molecule has 0 fully saturated rings. The molecule has 0 bridgehead atoms. The molecule has 0 aliphatic rings. The van der Waals surface area contributed by atoms with Gasteiger partial charge in [0.25, 0.3) is 0 Å². The largest absolute Gasteiger partial charge is 0.461 e. The molecule has 1 aromatic heterocycles. The van der Waals surface area contributed by atoms with Gasteiger partial charge in [0.2, 0.25) is 0 Å². The molecule has 1 heterocycles. The highest BCUT2D eigenvalue weighted by Crippen LogP contribution is 2.35. The second-order valence-corrected chi connectivity index (χ2v) is 3.52. The molecule has 1 aromatic carbocycles. The number of halogens is 3. The molecule has 14 heavy (non-hydrogen) atoms. The maximum absolute atomic E-state index is 12.6. The van der Waals surface area contributed by atoms with E-state index in [1.54, 1.807) is 12.1 Å². The highest BCUT2D eigenvalue weighted by Gasteiger charge is 2.11. The fraction of sp³-hybridized carbons (Fsp3) is 0. The lowest BCUT2D eigenvalue weighted by atomic mass is 10.2. The van der Waals surface area contributed by atoms with E-state index in [1.807, 2.05) is 0 Å². The van der Waals surface area contributed by atoms with Gasteiger partial charge in [-0.25, -0.2) is 4.39 Å². The van der Waals surface area contributed by atoms with E-state index in [0.717, 1.165) is 0 Å². The predicted molar refractivity (Wildman–Crippen MR) is 54.1 cm³/mol. The Morgan fingerprint density at radius 2 is 1.71 bits per heavy atom. The van der Waals surface area contributed by atoms with Crippen molar-refractivity contribution in [1.82, 2.24) is 0 Å². The molecule has 0 radical (unpaired) electrons. The maximum Gasteiger partial charge on any atom is 0.154 e. The lowest BCUT2D eigenvalue weighted by Crippen LogP contribution is -1.76. The van der Waals surface area contributed by atoms with E-state index in [4.69, 9.17) is 27.6 Å². The summed E-state index contributed by atoms with van der Waals surface area (Å²) < 4.78 is 17.8. The normalized spacial score (nSPS) is 10.5. The van der Waals surface area contributed by atoms with Crippen LogP contribution in [0.25, 0.3) is 11.3 Å². The Morgan fingerprint density at radius 1 is 1.07 bits per heavy atom. The maximum atomic E-state index is 12.6. The van der Waals surface area contributed by atoms with Crippen molar-refractivity contribution in [2.75, 3.05) is 0 Å². The van der Waals surface area contributed by atoms with Crippen molar-refractivity contribution < 1.29 is 8.81 Å². The van der Waals surface area contributed by atoms with Gasteiger partial charge in [-0.1, -0.05) is 23.2 Å². The molecular formula is C10H5Cl2FO. The van der Waals surface area contributed by atoms with Crippen LogP contribution in [0.1, 0.15) is 0 Å². The van der Waals surface area contributed by atoms with E-state index < -0.39 is 0 Å². The van der Waals surface area contributed by atoms with Gasteiger partial charge >= 0.3 is 0 Å². The molecule has 0 spiro atoms. The number of benzene rings is 1. The van der Waals surface area contributed by atoms with Crippen molar-refractivity contribution in [3.63, 3.8) is 0 Å². The summed E-state index contributed by atoms with van der Waals surface area (Å²) in [4.78, 5) is 0. The quantitative estimate of drug-likeness (QED) is 0.709. The van der Waals surface area contributed by atoms with Gasteiger partial charge in [0.05, 0.1) is 5.02 Å². The smallest absolute Gasteiger partial charge is 0.154 e. The first-order valence-electron chi connectivity index (χ1n) is 3.87. The van der Waals surface area contributed by atoms with Gasteiger partial charge in [-0.2, -0.15) is 0 Å². The zero-order chi connectivity index (χ0) is 10.1. The summed E-state index contributed by atoms with van der Waals surface area (Å²) in [6.45, 7) is 0. The molecule has 0 saturated heterocycles. The molecule has 0 atom stereocenters. The van der Waals surface area contributed by atoms with E-state index in [1.165, 1.54) is 18.4 Å². The Morgan fingerprint density at radius 3 is 2.21 bits per heavy atom. The fourth-order valence-corrected chi connectivity index (χ4v) is 1.45. The van der Waals surface area contributed by atoms with Crippen LogP contribution in [0.2, 0.25) is 10.0 Å². The zero-order valence-corrected chi connectivity index (χ0v) is 8.44. The minimum absolute atomic E-state index is 0.303. The predicted octanol–water partition coefficient (Wildman–Crippen LogP) is 4.39. The number of hydrogen-bond donors (Lipinski definition) is 0. The second-order valence-electron chi connectivity index (χ2n) is 2.73. The topological polar surface area (TPSA) is 13.1 Å². The second kappa shape index (κ2) is 3.64. The van der Waals surface area contributed by atoms with E-state index >= 15 is 0 Å². The Bertz CT molecular complexity index is 448. The van der Waals surface area contributed by atoms with Crippen LogP contribution >= 0.6 is 23.2 Å². The molecule has 0 saturated carbocycles. The summed E-state index contributed by atoms with van der Waals surface area (Å²) in [7, 11) is 0. The van der Waals surface area contributed by atoms with Gasteiger partial charge < -0.3 is 4.42 Å². The van der Waals surface area contributed by atoms with E-state index in [2.05, 4.69) is 0 Å². The minimum atomic E-state index is -0.303. The number of furan rings is 1. The van der Waals surface area contributed by atoms with Crippen LogP contribution in [0.15, 0.2) is 34.9 Å². The minimum Gasteiger partial charge on any atom is -0.461 e. The van der Waals surface area contributed by atoms with Crippen molar-refractivity contribution in [1.29, 1.82) is 0 Å². The molecule has 0 aliphatic heterocycles. The summed E-state index contributed by atoms with van der Waals surface area (Å²) in [5, 5.41) is 0.698. The Hall–Kier alpha value is -0.990. The van der Waals surface area contributed by atoms with Crippen molar-refractivity contribution in [2.45, 2.75) is 0 Å². The average molecular weight is 231 g/mol. The molecule has 4 heteroatoms. The first kappa shape index (κ1) is 9.56. The standard InChI is InChI=1S/C10H5Cl2FO/c11-8-5-14-10(9(8)12)6-1-3-7(13)4-2-6/h1-5H. The number of hydrogen-bond acceptors (Lipinski definition) is 1. The van der Waals surface area contributed by atoms with Crippen LogP contribution in [0.3, 0.4) is 0 Å². The highest BCUT2D eigenvalue weighted by atomic mass is 35.5. The third-order valence-electron chi connectivity index (χ3n) is 1.80. The van der Waals surface area contributed by atoms with Crippen molar-refractivity contribution in [3.05, 3.63) is 46.4 Å². The summed E-state index contributed by atoms with van der Waals surface area (Å²) >= 11 is 11.6. The van der Waals surface area contributed by atoms with Gasteiger partial charge in [-0.15, -0.1) is 0 Å². The Labute approximate surface area is 90.1 Å². The average Bonchev–Trinajstić information content (AvgIpc) is 2.50. The van der Waals surface area contributed by atoms with Gasteiger partial charge in [-0.3, -0.25) is 0 Å². The lowest BCUT2D eigenvalue weighted by molar-refractivity contribution is 0.582. The Balaban J connectivity index is 2.49. The summed E-state index contributed by atoms with van der Waals surface area (Å²) in [5.74, 6) is 0.152. The van der Waals surface area contributed by atoms with Crippen molar-refractivity contribution >= 4 is 23.2 Å². The molecule has 72 valence electrons. The molecular weight excluding hydrogens is 226 g/mol. The van der Waals surface area contributed by atoms with E-state index in [-0.39, 0.29) is 5.82 Å². The van der Waals surface area contributed by atoms with Crippen LogP contribution in [0, 0.1) is 5.82 Å². The molecule has 0 amide bonds. The van der Waals surface area contributed by atoms with Crippen LogP contribution < -0.4 is 0 Å². The summed E-state index contributed by atoms with van der Waals surface area (Å²) in [6, 6.07) is 5.83. The number of rotatable bonds is 1. The van der Waals surface area contributed by atoms with E-state index in [9.17, 15) is 4.39 Å².